The van der Waals surface area contributed by atoms with Gasteiger partial charge in [-0.15, -0.1) is 0 Å². The number of anilines is 1. The zero-order chi connectivity index (χ0) is 30.0. The van der Waals surface area contributed by atoms with Gasteiger partial charge < -0.3 is 14.1 Å². The van der Waals surface area contributed by atoms with Gasteiger partial charge in [-0.05, 0) is 59.3 Å². The second kappa shape index (κ2) is 9.84. The molecule has 0 aromatic heterocycles. The Morgan fingerprint density at radius 1 is 0.907 bits per heavy atom. The van der Waals surface area contributed by atoms with E-state index < -0.39 is 0 Å². The summed E-state index contributed by atoms with van der Waals surface area (Å²) in [7, 11) is 8.08. The number of rotatable bonds is 3. The lowest BCUT2D eigenvalue weighted by atomic mass is 9.57. The maximum absolute atomic E-state index is 13.7. The minimum atomic E-state index is -0.329. The van der Waals surface area contributed by atoms with Crippen molar-refractivity contribution in [2.45, 2.75) is 13.8 Å². The van der Waals surface area contributed by atoms with Crippen LogP contribution in [0.2, 0.25) is 0 Å². The zero-order valence-corrected chi connectivity index (χ0v) is 25.4. The van der Waals surface area contributed by atoms with E-state index in [0.29, 0.717) is 0 Å². The minimum Gasteiger partial charge on any atom is -0.456 e. The Morgan fingerprint density at radius 3 is 2.49 bits per heavy atom. The summed E-state index contributed by atoms with van der Waals surface area (Å²) in [5.74, 6) is 2.41. The largest absolute Gasteiger partial charge is 0.456 e. The minimum absolute atomic E-state index is 0.153. The molecule has 1 atom stereocenters. The molecule has 0 spiro atoms. The van der Waals surface area contributed by atoms with Gasteiger partial charge in [-0.2, -0.15) is 0 Å². The van der Waals surface area contributed by atoms with Crippen LogP contribution in [0.1, 0.15) is 25.0 Å². The van der Waals surface area contributed by atoms with Gasteiger partial charge in [-0.3, -0.25) is 4.79 Å². The molecule has 43 heavy (non-hydrogen) atoms. The molecule has 0 N–H and O–H groups in total. The first kappa shape index (κ1) is 27.0. The molecule has 2 aliphatic heterocycles. The molecular formula is C38H35N2O3+. The second-order valence-electron chi connectivity index (χ2n) is 12.5. The summed E-state index contributed by atoms with van der Waals surface area (Å²) in [5.41, 5.74) is 5.44. The van der Waals surface area contributed by atoms with Crippen LogP contribution in [-0.2, 0) is 4.79 Å². The van der Waals surface area contributed by atoms with Crippen molar-refractivity contribution in [2.24, 2.45) is 11.3 Å². The SMILES string of the molecule is CN(C)c1ccc2c(c1)Oc1cccc(=CC3C(=O)C(=Cc4cccc5oc6cc(=[N+](C)C)ccc-6cc45)C3(C)C)c1=C2. The van der Waals surface area contributed by atoms with Gasteiger partial charge >= 0.3 is 0 Å². The second-order valence-corrected chi connectivity index (χ2v) is 12.5. The summed E-state index contributed by atoms with van der Waals surface area (Å²) < 4.78 is 14.7. The van der Waals surface area contributed by atoms with Crippen molar-refractivity contribution in [3.8, 4) is 22.8 Å². The molecule has 5 heteroatoms. The third kappa shape index (κ3) is 4.47. The molecule has 3 aromatic rings. The number of nitrogens with zero attached hydrogens (tertiary/aromatic N) is 2. The Kier molecular flexibility index (Phi) is 6.17. The molecule has 214 valence electrons. The van der Waals surface area contributed by atoms with Crippen molar-refractivity contribution in [1.82, 2.24) is 4.58 Å². The van der Waals surface area contributed by atoms with Gasteiger partial charge in [0.05, 0.1) is 12.0 Å². The first-order chi connectivity index (χ1) is 20.6. The molecule has 2 heterocycles. The number of ketones is 1. The molecule has 2 aliphatic carbocycles. The van der Waals surface area contributed by atoms with Gasteiger partial charge in [0.1, 0.15) is 36.9 Å². The maximum atomic E-state index is 13.7. The highest BCUT2D eigenvalue weighted by atomic mass is 16.5. The summed E-state index contributed by atoms with van der Waals surface area (Å²) in [4.78, 5) is 15.8. The number of ether oxygens (including phenoxy) is 1. The topological polar surface area (TPSA) is 45.7 Å². The molecule has 3 aromatic carbocycles. The normalized spacial score (nSPS) is 18.1. The third-order valence-corrected chi connectivity index (χ3v) is 8.93. The van der Waals surface area contributed by atoms with E-state index in [0.717, 1.165) is 72.0 Å². The van der Waals surface area contributed by atoms with Gasteiger partial charge in [0.2, 0.25) is 5.36 Å². The molecule has 0 bridgehead atoms. The number of Topliss-reactive ketones (excluding diaryl/α,β-unsaturated/α-hetero) is 1. The number of fused-ring (bicyclic) bond motifs is 4. The fourth-order valence-electron chi connectivity index (χ4n) is 6.22. The van der Waals surface area contributed by atoms with Gasteiger partial charge in [0.15, 0.2) is 5.78 Å². The van der Waals surface area contributed by atoms with Crippen molar-refractivity contribution < 1.29 is 13.9 Å². The molecule has 1 unspecified atom stereocenters. The Bertz CT molecular complexity index is 2160. The van der Waals surface area contributed by atoms with Gasteiger partial charge in [0.25, 0.3) is 0 Å². The van der Waals surface area contributed by atoms with E-state index in [1.165, 1.54) is 0 Å². The quantitative estimate of drug-likeness (QED) is 0.157. The molecule has 0 amide bonds. The monoisotopic (exact) mass is 567 g/mol. The summed E-state index contributed by atoms with van der Waals surface area (Å²) in [6.07, 6.45) is 6.34. The molecule has 1 fully saturated rings. The van der Waals surface area contributed by atoms with Crippen molar-refractivity contribution >= 4 is 40.7 Å². The standard InChI is InChI=1S/C38H35N2O3/c1-38(2)31(19-23-9-7-11-33-29(23)17-25-13-15-27(39(3)4)21-35(25)42-33)37(41)32(38)20-24-10-8-12-34-30(24)18-26-14-16-28(40(5)6)22-36(26)43-34/h7-22,31H,1-6H3/q+1. The number of allylic oxidation sites excluding steroid dienone is 1. The fourth-order valence-corrected chi connectivity index (χ4v) is 6.22. The summed E-state index contributed by atoms with van der Waals surface area (Å²) >= 11 is 0. The van der Waals surface area contributed by atoms with Gasteiger partial charge in [-0.25, -0.2) is 4.58 Å². The lowest BCUT2D eigenvalue weighted by molar-refractivity contribution is -0.126. The smallest absolute Gasteiger partial charge is 0.203 e. The van der Waals surface area contributed by atoms with Crippen molar-refractivity contribution in [2.75, 3.05) is 33.1 Å². The number of hydrogen-bond acceptors (Lipinski definition) is 4. The van der Waals surface area contributed by atoms with Crippen LogP contribution in [0.25, 0.3) is 40.5 Å². The van der Waals surface area contributed by atoms with Crippen LogP contribution in [0.15, 0.2) is 88.9 Å². The number of carbonyl (C=O) groups is 1. The molecule has 1 saturated carbocycles. The maximum Gasteiger partial charge on any atom is 0.203 e. The first-order valence-electron chi connectivity index (χ1n) is 14.7. The van der Waals surface area contributed by atoms with Gasteiger partial charge in [0, 0.05) is 64.6 Å². The Balaban J connectivity index is 1.27. The van der Waals surface area contributed by atoms with Crippen molar-refractivity contribution in [1.29, 1.82) is 0 Å². The summed E-state index contributed by atoms with van der Waals surface area (Å²) in [6.45, 7) is 4.31. The average Bonchev–Trinajstić information content (AvgIpc) is 2.99. The fraction of sp³-hybridized carbons (Fsp3) is 0.211. The highest BCUT2D eigenvalue weighted by Crippen LogP contribution is 2.50. The summed E-state index contributed by atoms with van der Waals surface area (Å²) in [6, 6.07) is 26.7. The number of carbonyl (C=O) groups excluding carboxylic acids is 1. The molecule has 7 rings (SSSR count). The van der Waals surface area contributed by atoms with Crippen LogP contribution >= 0.6 is 0 Å². The van der Waals surface area contributed by atoms with E-state index in [1.54, 1.807) is 0 Å². The number of hydrogen-bond donors (Lipinski definition) is 0. The average molecular weight is 568 g/mol. The van der Waals surface area contributed by atoms with E-state index in [1.807, 2.05) is 52.5 Å². The van der Waals surface area contributed by atoms with E-state index in [-0.39, 0.29) is 17.1 Å². The highest BCUT2D eigenvalue weighted by molar-refractivity contribution is 6.13. The van der Waals surface area contributed by atoms with E-state index in [2.05, 4.69) is 96.1 Å². The first-order valence-corrected chi connectivity index (χ1v) is 14.7. The highest BCUT2D eigenvalue weighted by Gasteiger charge is 2.50. The summed E-state index contributed by atoms with van der Waals surface area (Å²) in [5, 5.41) is 4.10. The van der Waals surface area contributed by atoms with Crippen LogP contribution in [-0.4, -0.2) is 34.0 Å². The molecule has 0 saturated heterocycles. The lowest BCUT2D eigenvalue weighted by Crippen LogP contribution is -2.47. The Labute approximate surface area is 251 Å². The van der Waals surface area contributed by atoms with E-state index in [9.17, 15) is 4.79 Å². The van der Waals surface area contributed by atoms with E-state index >= 15 is 0 Å². The van der Waals surface area contributed by atoms with Crippen LogP contribution in [0.3, 0.4) is 0 Å². The third-order valence-electron chi connectivity index (χ3n) is 8.93. The molecule has 5 nitrogen and oxygen atoms in total. The van der Waals surface area contributed by atoms with Crippen molar-refractivity contribution in [3.05, 3.63) is 111 Å². The molecule has 0 radical (unpaired) electrons. The Hall–Kier alpha value is -4.90. The predicted molar refractivity (Wildman–Crippen MR) is 175 cm³/mol. The van der Waals surface area contributed by atoms with Crippen LogP contribution < -0.4 is 30.0 Å². The lowest BCUT2D eigenvalue weighted by Gasteiger charge is -2.44. The number of benzene rings is 4. The van der Waals surface area contributed by atoms with E-state index in [4.69, 9.17) is 9.15 Å². The molecule has 4 aliphatic rings. The van der Waals surface area contributed by atoms with Crippen LogP contribution in [0.4, 0.5) is 5.69 Å². The predicted octanol–water partition coefficient (Wildman–Crippen LogP) is 5.66. The van der Waals surface area contributed by atoms with Crippen LogP contribution in [0.5, 0.6) is 11.5 Å². The Morgan fingerprint density at radius 2 is 1.72 bits per heavy atom. The van der Waals surface area contributed by atoms with Crippen LogP contribution in [0, 0.1) is 11.3 Å². The van der Waals surface area contributed by atoms with Gasteiger partial charge in [-0.1, -0.05) is 44.2 Å². The molecular weight excluding hydrogens is 532 g/mol. The zero-order valence-electron chi connectivity index (χ0n) is 25.4. The van der Waals surface area contributed by atoms with Crippen molar-refractivity contribution in [3.63, 3.8) is 0 Å².